The Morgan fingerprint density at radius 1 is 1.53 bits per heavy atom. The van der Waals surface area contributed by atoms with E-state index >= 15 is 0 Å². The Hall–Kier alpha value is -0.840. The third-order valence-corrected chi connectivity index (χ3v) is 3.59. The third kappa shape index (κ3) is 1.93. The predicted molar refractivity (Wildman–Crippen MR) is 50.9 cm³/mol. The van der Waals surface area contributed by atoms with Crippen LogP contribution in [0.4, 0.5) is 13.2 Å². The molecule has 2 unspecified atom stereocenters. The molecular formula is C10H9F3OS. The van der Waals surface area contributed by atoms with Gasteiger partial charge in [-0.05, 0) is 23.8 Å². The third-order valence-electron chi connectivity index (χ3n) is 2.63. The molecule has 2 atom stereocenters. The van der Waals surface area contributed by atoms with Gasteiger partial charge in [-0.2, -0.15) is 13.2 Å². The number of alkyl halides is 3. The lowest BCUT2D eigenvalue weighted by atomic mass is 10.1. The van der Waals surface area contributed by atoms with Gasteiger partial charge in [0.15, 0.2) is 5.78 Å². The predicted octanol–water partition coefficient (Wildman–Crippen LogP) is 3.61. The fourth-order valence-corrected chi connectivity index (χ4v) is 2.38. The summed E-state index contributed by atoms with van der Waals surface area (Å²) in [5.74, 6) is -0.310. The van der Waals surface area contributed by atoms with Crippen molar-refractivity contribution in [2.24, 2.45) is 11.8 Å². The molecule has 0 saturated heterocycles. The quantitative estimate of drug-likeness (QED) is 0.714. The number of thiophene rings is 1. The van der Waals surface area contributed by atoms with Crippen molar-refractivity contribution in [1.29, 1.82) is 0 Å². The monoisotopic (exact) mass is 234 g/mol. The van der Waals surface area contributed by atoms with Crippen LogP contribution in [0.2, 0.25) is 0 Å². The van der Waals surface area contributed by atoms with E-state index in [2.05, 4.69) is 0 Å². The minimum Gasteiger partial charge on any atom is -0.294 e. The molecule has 1 aliphatic rings. The van der Waals surface area contributed by atoms with Crippen molar-refractivity contribution in [2.45, 2.75) is 19.5 Å². The Bertz CT molecular complexity index is 394. The molecule has 1 fully saturated rings. The van der Waals surface area contributed by atoms with Crippen molar-refractivity contribution in [3.63, 3.8) is 0 Å². The first-order valence-electron chi connectivity index (χ1n) is 4.60. The molecule has 0 amide bonds. The molecule has 0 aromatic carbocycles. The standard InChI is InChI=1S/C10H9F3OS/c1-5-4-7(5)8(14)6-2-3-15-9(6)10(11,12)13/h2-3,5,7H,4H2,1H3. The number of hydrogen-bond acceptors (Lipinski definition) is 2. The summed E-state index contributed by atoms with van der Waals surface area (Å²) < 4.78 is 37.4. The van der Waals surface area contributed by atoms with Gasteiger partial charge in [-0.15, -0.1) is 11.3 Å². The van der Waals surface area contributed by atoms with Crippen LogP contribution in [-0.4, -0.2) is 5.78 Å². The van der Waals surface area contributed by atoms with Crippen molar-refractivity contribution >= 4 is 17.1 Å². The Morgan fingerprint density at radius 2 is 2.13 bits per heavy atom. The summed E-state index contributed by atoms with van der Waals surface area (Å²) in [6.45, 7) is 1.88. The van der Waals surface area contributed by atoms with Gasteiger partial charge in [0.05, 0.1) is 0 Å². The molecule has 2 rings (SSSR count). The number of ketones is 1. The van der Waals surface area contributed by atoms with E-state index < -0.39 is 11.1 Å². The smallest absolute Gasteiger partial charge is 0.294 e. The zero-order valence-corrected chi connectivity index (χ0v) is 8.78. The number of carbonyl (C=O) groups is 1. The van der Waals surface area contributed by atoms with Crippen LogP contribution in [0.25, 0.3) is 0 Å². The maximum Gasteiger partial charge on any atom is 0.426 e. The highest BCUT2D eigenvalue weighted by Crippen LogP contribution is 2.44. The van der Waals surface area contributed by atoms with Gasteiger partial charge < -0.3 is 0 Å². The van der Waals surface area contributed by atoms with Crippen molar-refractivity contribution < 1.29 is 18.0 Å². The Morgan fingerprint density at radius 3 is 2.60 bits per heavy atom. The van der Waals surface area contributed by atoms with Crippen molar-refractivity contribution in [2.75, 3.05) is 0 Å². The SMILES string of the molecule is CC1CC1C(=O)c1ccsc1C(F)(F)F. The van der Waals surface area contributed by atoms with E-state index in [1.54, 1.807) is 0 Å². The summed E-state index contributed by atoms with van der Waals surface area (Å²) in [6, 6.07) is 1.28. The van der Waals surface area contributed by atoms with Crippen LogP contribution >= 0.6 is 11.3 Å². The number of Topliss-reactive ketones (excluding diaryl/α,β-unsaturated/α-hetero) is 1. The summed E-state index contributed by atoms with van der Waals surface area (Å²) in [5, 5.41) is 1.32. The van der Waals surface area contributed by atoms with E-state index in [1.807, 2.05) is 6.92 Å². The van der Waals surface area contributed by atoms with Gasteiger partial charge in [-0.25, -0.2) is 0 Å². The number of hydrogen-bond donors (Lipinski definition) is 0. The Labute approximate surface area is 88.9 Å². The molecule has 1 aromatic heterocycles. The molecule has 1 aromatic rings. The van der Waals surface area contributed by atoms with Gasteiger partial charge in [-0.1, -0.05) is 6.92 Å². The minimum atomic E-state index is -4.41. The number of carbonyl (C=O) groups excluding carboxylic acids is 1. The maximum atomic E-state index is 12.5. The van der Waals surface area contributed by atoms with E-state index in [0.717, 1.165) is 0 Å². The molecule has 0 bridgehead atoms. The zero-order chi connectivity index (χ0) is 11.2. The summed E-state index contributed by atoms with van der Waals surface area (Å²) >= 11 is 0.585. The van der Waals surface area contributed by atoms with E-state index in [4.69, 9.17) is 0 Å². The summed E-state index contributed by atoms with van der Waals surface area (Å²) in [7, 11) is 0. The Kier molecular flexibility index (Phi) is 2.37. The maximum absolute atomic E-state index is 12.5. The van der Waals surface area contributed by atoms with Gasteiger partial charge in [0, 0.05) is 11.5 Å². The van der Waals surface area contributed by atoms with Crippen LogP contribution in [-0.2, 0) is 6.18 Å². The average molecular weight is 234 g/mol. The van der Waals surface area contributed by atoms with Crippen LogP contribution in [0.3, 0.4) is 0 Å². The van der Waals surface area contributed by atoms with E-state index in [9.17, 15) is 18.0 Å². The highest BCUT2D eigenvalue weighted by molar-refractivity contribution is 7.10. The first-order chi connectivity index (χ1) is 6.91. The lowest BCUT2D eigenvalue weighted by Gasteiger charge is -2.06. The molecule has 82 valence electrons. The van der Waals surface area contributed by atoms with E-state index in [0.29, 0.717) is 17.8 Å². The van der Waals surface area contributed by atoms with Crippen molar-refractivity contribution in [1.82, 2.24) is 0 Å². The number of halogens is 3. The molecule has 0 N–H and O–H groups in total. The second-order valence-corrected chi connectivity index (χ2v) is 4.76. The van der Waals surface area contributed by atoms with Gasteiger partial charge in [0.1, 0.15) is 4.88 Å². The van der Waals surface area contributed by atoms with Crippen molar-refractivity contribution in [3.8, 4) is 0 Å². The molecular weight excluding hydrogens is 225 g/mol. The normalized spacial score (nSPS) is 25.3. The van der Waals surface area contributed by atoms with Gasteiger partial charge in [0.2, 0.25) is 0 Å². The van der Waals surface area contributed by atoms with Crippen LogP contribution in [0.5, 0.6) is 0 Å². The average Bonchev–Trinajstić information content (AvgIpc) is 2.68. The fourth-order valence-electron chi connectivity index (χ4n) is 1.61. The molecule has 0 aliphatic heterocycles. The second kappa shape index (κ2) is 3.33. The molecule has 1 aliphatic carbocycles. The highest BCUT2D eigenvalue weighted by Gasteiger charge is 2.44. The minimum absolute atomic E-state index is 0.151. The molecule has 15 heavy (non-hydrogen) atoms. The van der Waals surface area contributed by atoms with Gasteiger partial charge in [-0.3, -0.25) is 4.79 Å². The second-order valence-electron chi connectivity index (χ2n) is 3.84. The summed E-state index contributed by atoms with van der Waals surface area (Å²) in [4.78, 5) is 10.9. The first-order valence-corrected chi connectivity index (χ1v) is 5.48. The summed E-state index contributed by atoms with van der Waals surface area (Å²) in [5.41, 5.74) is -0.151. The molecule has 0 radical (unpaired) electrons. The lowest BCUT2D eigenvalue weighted by molar-refractivity contribution is -0.134. The topological polar surface area (TPSA) is 17.1 Å². The molecule has 5 heteroatoms. The first kappa shape index (κ1) is 10.7. The van der Waals surface area contributed by atoms with Crippen LogP contribution in [0.15, 0.2) is 11.4 Å². The summed E-state index contributed by atoms with van der Waals surface area (Å²) in [6.07, 6.45) is -3.69. The van der Waals surface area contributed by atoms with Crippen LogP contribution < -0.4 is 0 Å². The largest absolute Gasteiger partial charge is 0.426 e. The van der Waals surface area contributed by atoms with Crippen LogP contribution in [0.1, 0.15) is 28.6 Å². The highest BCUT2D eigenvalue weighted by atomic mass is 32.1. The fraction of sp³-hybridized carbons (Fsp3) is 0.500. The van der Waals surface area contributed by atoms with E-state index in [-0.39, 0.29) is 23.2 Å². The lowest BCUT2D eigenvalue weighted by Crippen LogP contribution is -2.11. The Balaban J connectivity index is 2.29. The molecule has 1 heterocycles. The zero-order valence-electron chi connectivity index (χ0n) is 7.97. The van der Waals surface area contributed by atoms with Crippen molar-refractivity contribution in [3.05, 3.63) is 21.9 Å². The van der Waals surface area contributed by atoms with Gasteiger partial charge >= 0.3 is 6.18 Å². The molecule has 1 nitrogen and oxygen atoms in total. The van der Waals surface area contributed by atoms with Crippen LogP contribution in [0, 0.1) is 11.8 Å². The van der Waals surface area contributed by atoms with Gasteiger partial charge in [0.25, 0.3) is 0 Å². The molecule has 1 saturated carbocycles. The number of rotatable bonds is 2. The van der Waals surface area contributed by atoms with E-state index in [1.165, 1.54) is 11.4 Å². The molecule has 0 spiro atoms.